The van der Waals surface area contributed by atoms with Crippen molar-refractivity contribution in [1.29, 1.82) is 0 Å². The van der Waals surface area contributed by atoms with Gasteiger partial charge in [-0.2, -0.15) is 0 Å². The van der Waals surface area contributed by atoms with Crippen molar-refractivity contribution in [1.82, 2.24) is 0 Å². The van der Waals surface area contributed by atoms with E-state index in [1.807, 2.05) is 24.3 Å². The lowest BCUT2D eigenvalue weighted by Gasteiger charge is -2.37. The van der Waals surface area contributed by atoms with Gasteiger partial charge in [-0.25, -0.2) is 0 Å². The maximum atomic E-state index is 6.19. The molecule has 1 rings (SSSR count). The van der Waals surface area contributed by atoms with Crippen LogP contribution in [0, 0.1) is 0 Å². The third-order valence-corrected chi connectivity index (χ3v) is 8.47. The van der Waals surface area contributed by atoms with Gasteiger partial charge in [0, 0.05) is 0 Å². The smallest absolute Gasteiger partial charge is 0.192 e. The highest BCUT2D eigenvalue weighted by Gasteiger charge is 2.37. The van der Waals surface area contributed by atoms with Gasteiger partial charge < -0.3 is 14.9 Å². The van der Waals surface area contributed by atoms with Gasteiger partial charge in [-0.3, -0.25) is 0 Å². The monoisotopic (exact) mass is 281 g/mol. The van der Waals surface area contributed by atoms with E-state index in [1.165, 1.54) is 0 Å². The van der Waals surface area contributed by atoms with Crippen molar-refractivity contribution < 1.29 is 9.16 Å². The fraction of sp³-hybridized carbons (Fsp3) is 0.600. The molecule has 0 aliphatic rings. The van der Waals surface area contributed by atoms with E-state index in [4.69, 9.17) is 14.9 Å². The Morgan fingerprint density at radius 1 is 1.16 bits per heavy atom. The molecule has 1 atom stereocenters. The average molecular weight is 281 g/mol. The maximum absolute atomic E-state index is 6.19. The first kappa shape index (κ1) is 16.2. The van der Waals surface area contributed by atoms with Gasteiger partial charge in [0.05, 0.1) is 19.8 Å². The van der Waals surface area contributed by atoms with Crippen LogP contribution in [0.5, 0.6) is 5.75 Å². The zero-order valence-electron chi connectivity index (χ0n) is 13.0. The number of benzene rings is 1. The van der Waals surface area contributed by atoms with Crippen LogP contribution in [-0.4, -0.2) is 22.0 Å². The highest BCUT2D eigenvalue weighted by molar-refractivity contribution is 6.74. The summed E-state index contributed by atoms with van der Waals surface area (Å²) < 4.78 is 11.3. The van der Waals surface area contributed by atoms with Crippen LogP contribution in [0.1, 0.15) is 32.4 Å². The van der Waals surface area contributed by atoms with Gasteiger partial charge in [0.15, 0.2) is 8.32 Å². The first-order valence-corrected chi connectivity index (χ1v) is 9.62. The van der Waals surface area contributed by atoms with Gasteiger partial charge in [0.1, 0.15) is 5.75 Å². The Balaban J connectivity index is 2.62. The fourth-order valence-electron chi connectivity index (χ4n) is 1.46. The molecule has 0 spiro atoms. The Kier molecular flexibility index (Phi) is 5.18. The van der Waals surface area contributed by atoms with E-state index in [2.05, 4.69) is 33.9 Å². The topological polar surface area (TPSA) is 44.5 Å². The first-order chi connectivity index (χ1) is 8.67. The Morgan fingerprint density at radius 3 is 2.11 bits per heavy atom. The van der Waals surface area contributed by atoms with Crippen molar-refractivity contribution in [3.8, 4) is 5.75 Å². The zero-order valence-corrected chi connectivity index (χ0v) is 14.0. The Labute approximate surface area is 118 Å². The third-order valence-electron chi connectivity index (χ3n) is 3.97. The fourth-order valence-corrected chi connectivity index (χ4v) is 2.49. The predicted molar refractivity (Wildman–Crippen MR) is 83.1 cm³/mol. The molecule has 1 aromatic carbocycles. The van der Waals surface area contributed by atoms with Crippen LogP contribution in [0.15, 0.2) is 24.3 Å². The molecule has 0 saturated carbocycles. The molecule has 108 valence electrons. The van der Waals surface area contributed by atoms with E-state index >= 15 is 0 Å². The van der Waals surface area contributed by atoms with Gasteiger partial charge in [-0.05, 0) is 35.8 Å². The van der Waals surface area contributed by atoms with Crippen LogP contribution in [0.2, 0.25) is 18.1 Å². The van der Waals surface area contributed by atoms with Crippen LogP contribution in [-0.2, 0) is 4.43 Å². The lowest BCUT2D eigenvalue weighted by Crippen LogP contribution is -2.42. The molecule has 0 amide bonds. The number of ether oxygens (including phenoxy) is 1. The standard InChI is InChI=1S/C15H27NO2Si/c1-15(2,3)19(5,6)18-11-14(16)12-7-9-13(17-4)10-8-12/h7-10,14H,11,16H2,1-6H3/t14-/m1/s1. The molecule has 3 nitrogen and oxygen atoms in total. The summed E-state index contributed by atoms with van der Waals surface area (Å²) >= 11 is 0. The first-order valence-electron chi connectivity index (χ1n) is 6.71. The lowest BCUT2D eigenvalue weighted by molar-refractivity contribution is 0.264. The molecule has 1 aromatic rings. The molecule has 0 bridgehead atoms. The summed E-state index contributed by atoms with van der Waals surface area (Å²) in [5, 5.41) is 0.215. The second kappa shape index (κ2) is 6.07. The third kappa shape index (κ3) is 4.33. The van der Waals surface area contributed by atoms with Crippen molar-refractivity contribution in [2.45, 2.75) is 44.9 Å². The molecule has 0 aliphatic heterocycles. The Morgan fingerprint density at radius 2 is 1.68 bits per heavy atom. The quantitative estimate of drug-likeness (QED) is 0.837. The average Bonchev–Trinajstić information content (AvgIpc) is 2.35. The number of nitrogens with two attached hydrogens (primary N) is 1. The van der Waals surface area contributed by atoms with Crippen LogP contribution in [0.25, 0.3) is 0 Å². The van der Waals surface area contributed by atoms with Gasteiger partial charge >= 0.3 is 0 Å². The molecule has 0 aliphatic carbocycles. The molecule has 0 unspecified atom stereocenters. The van der Waals surface area contributed by atoms with Crippen LogP contribution >= 0.6 is 0 Å². The summed E-state index contributed by atoms with van der Waals surface area (Å²) in [6, 6.07) is 7.78. The summed E-state index contributed by atoms with van der Waals surface area (Å²) in [5.74, 6) is 0.848. The highest BCUT2D eigenvalue weighted by Crippen LogP contribution is 2.37. The summed E-state index contributed by atoms with van der Waals surface area (Å²) in [6.07, 6.45) is 0. The van der Waals surface area contributed by atoms with Crippen LogP contribution in [0.4, 0.5) is 0 Å². The number of hydrogen-bond acceptors (Lipinski definition) is 3. The number of rotatable bonds is 5. The van der Waals surface area contributed by atoms with Crippen molar-refractivity contribution in [2.24, 2.45) is 5.73 Å². The second-order valence-corrected chi connectivity index (χ2v) is 11.3. The van der Waals surface area contributed by atoms with Crippen LogP contribution < -0.4 is 10.5 Å². The van der Waals surface area contributed by atoms with E-state index in [9.17, 15) is 0 Å². The predicted octanol–water partition coefficient (Wildman–Crippen LogP) is 3.72. The Hall–Kier alpha value is -0.843. The molecular formula is C15H27NO2Si. The molecule has 19 heavy (non-hydrogen) atoms. The molecular weight excluding hydrogens is 254 g/mol. The van der Waals surface area contributed by atoms with E-state index in [1.54, 1.807) is 7.11 Å². The van der Waals surface area contributed by atoms with E-state index in [0.29, 0.717) is 6.61 Å². The van der Waals surface area contributed by atoms with Gasteiger partial charge in [0.2, 0.25) is 0 Å². The van der Waals surface area contributed by atoms with Crippen molar-refractivity contribution in [2.75, 3.05) is 13.7 Å². The van der Waals surface area contributed by atoms with Crippen molar-refractivity contribution in [3.63, 3.8) is 0 Å². The largest absolute Gasteiger partial charge is 0.497 e. The van der Waals surface area contributed by atoms with E-state index in [-0.39, 0.29) is 11.1 Å². The molecule has 0 heterocycles. The van der Waals surface area contributed by atoms with E-state index in [0.717, 1.165) is 11.3 Å². The minimum atomic E-state index is -1.72. The number of hydrogen-bond donors (Lipinski definition) is 1. The summed E-state index contributed by atoms with van der Waals surface area (Å²) in [5.41, 5.74) is 7.28. The number of methoxy groups -OCH3 is 1. The molecule has 0 saturated heterocycles. The summed E-state index contributed by atoms with van der Waals surface area (Å²) in [7, 11) is -0.0608. The summed E-state index contributed by atoms with van der Waals surface area (Å²) in [6.45, 7) is 11.8. The van der Waals surface area contributed by atoms with Crippen molar-refractivity contribution in [3.05, 3.63) is 29.8 Å². The van der Waals surface area contributed by atoms with Crippen LogP contribution in [0.3, 0.4) is 0 Å². The maximum Gasteiger partial charge on any atom is 0.192 e. The molecule has 4 heteroatoms. The second-order valence-electron chi connectivity index (χ2n) is 6.45. The van der Waals surface area contributed by atoms with Gasteiger partial charge in [-0.1, -0.05) is 32.9 Å². The SMILES string of the molecule is COc1ccc([C@H](N)CO[Si](C)(C)C(C)(C)C)cc1. The molecule has 0 aromatic heterocycles. The minimum absolute atomic E-state index is 0.0833. The molecule has 0 fully saturated rings. The zero-order chi connectivity index (χ0) is 14.7. The van der Waals surface area contributed by atoms with Crippen molar-refractivity contribution >= 4 is 8.32 Å². The molecule has 0 radical (unpaired) electrons. The van der Waals surface area contributed by atoms with E-state index < -0.39 is 8.32 Å². The van der Waals surface area contributed by atoms with Gasteiger partial charge in [-0.15, -0.1) is 0 Å². The Bertz CT molecular complexity index is 396. The summed E-state index contributed by atoms with van der Waals surface area (Å²) in [4.78, 5) is 0. The highest BCUT2D eigenvalue weighted by atomic mass is 28.4. The normalized spacial score (nSPS) is 14.3. The lowest BCUT2D eigenvalue weighted by atomic mass is 10.1. The van der Waals surface area contributed by atoms with Gasteiger partial charge in [0.25, 0.3) is 0 Å². The molecule has 2 N–H and O–H groups in total. The minimum Gasteiger partial charge on any atom is -0.497 e.